The predicted molar refractivity (Wildman–Crippen MR) is 126 cm³/mol. The first kappa shape index (κ1) is 29.6. The van der Waals surface area contributed by atoms with Crippen molar-refractivity contribution >= 4 is 53.0 Å². The van der Waals surface area contributed by atoms with Crippen molar-refractivity contribution in [1.82, 2.24) is 15.6 Å². The zero-order chi connectivity index (χ0) is 27.4. The Kier molecular flexibility index (Phi) is 11.4. The van der Waals surface area contributed by atoms with Gasteiger partial charge in [0.25, 0.3) is 0 Å². The lowest BCUT2D eigenvalue weighted by atomic mass is 10.0. The molecule has 37 heavy (non-hydrogen) atoms. The molecule has 1 aromatic carbocycles. The number of halogens is 5. The molecular formula is C22H21Cl2F3N4O6. The highest BCUT2D eigenvalue weighted by Gasteiger charge is 2.42. The van der Waals surface area contributed by atoms with Crippen molar-refractivity contribution < 1.29 is 41.8 Å². The molecule has 0 radical (unpaired) electrons. The normalized spacial score (nSPS) is 11.7. The first-order valence-corrected chi connectivity index (χ1v) is 11.3. The van der Waals surface area contributed by atoms with E-state index in [9.17, 15) is 32.3 Å². The summed E-state index contributed by atoms with van der Waals surface area (Å²) in [7, 11) is 0. The van der Waals surface area contributed by atoms with Crippen molar-refractivity contribution in [2.75, 3.05) is 25.0 Å². The Labute approximate surface area is 218 Å². The molecule has 1 heterocycles. The van der Waals surface area contributed by atoms with Crippen molar-refractivity contribution in [1.29, 1.82) is 0 Å². The Morgan fingerprint density at radius 3 is 2.38 bits per heavy atom. The molecule has 200 valence electrons. The molecule has 10 nitrogen and oxygen atoms in total. The van der Waals surface area contributed by atoms with E-state index in [0.717, 1.165) is 0 Å². The van der Waals surface area contributed by atoms with Crippen LogP contribution in [0.5, 0.6) is 0 Å². The van der Waals surface area contributed by atoms with Crippen LogP contribution in [-0.4, -0.2) is 54.8 Å². The number of nitrogens with zero attached hydrogens (tertiary/aromatic N) is 1. The van der Waals surface area contributed by atoms with Crippen LogP contribution < -0.4 is 16.0 Å². The second-order valence-corrected chi connectivity index (χ2v) is 8.14. The molecule has 1 unspecified atom stereocenters. The average molecular weight is 565 g/mol. The highest BCUT2D eigenvalue weighted by atomic mass is 35.5. The fourth-order valence-corrected chi connectivity index (χ4v) is 3.31. The zero-order valence-electron chi connectivity index (χ0n) is 18.9. The Balaban J connectivity index is 1.86. The van der Waals surface area contributed by atoms with Crippen molar-refractivity contribution in [2.24, 2.45) is 0 Å². The summed E-state index contributed by atoms with van der Waals surface area (Å²) in [6.45, 7) is -0.0794. The molecule has 15 heteroatoms. The average Bonchev–Trinajstić information content (AvgIpc) is 2.81. The molecular weight excluding hydrogens is 544 g/mol. The number of alkyl carbamates (subject to hydrolysis) is 1. The third-order valence-electron chi connectivity index (χ3n) is 4.35. The molecule has 0 fully saturated rings. The maximum Gasteiger partial charge on any atom is 0.491 e. The predicted octanol–water partition coefficient (Wildman–Crippen LogP) is 3.80. The maximum absolute atomic E-state index is 12.4. The second-order valence-electron chi connectivity index (χ2n) is 7.27. The Bertz CT molecular complexity index is 1090. The maximum atomic E-state index is 12.4. The van der Waals surface area contributed by atoms with Crippen molar-refractivity contribution in [3.8, 4) is 0 Å². The summed E-state index contributed by atoms with van der Waals surface area (Å²) in [6, 6.07) is 8.01. The monoisotopic (exact) mass is 564 g/mol. The van der Waals surface area contributed by atoms with Crippen LogP contribution >= 0.6 is 23.2 Å². The number of carbonyl (C=O) groups excluding carboxylic acids is 4. The van der Waals surface area contributed by atoms with Gasteiger partial charge < -0.3 is 25.4 Å². The van der Waals surface area contributed by atoms with Crippen molar-refractivity contribution in [3.63, 3.8) is 0 Å². The number of carbonyl (C=O) groups is 4. The quantitative estimate of drug-likeness (QED) is 0.213. The van der Waals surface area contributed by atoms with Crippen molar-refractivity contribution in [2.45, 2.75) is 25.1 Å². The first-order chi connectivity index (χ1) is 17.4. The fourth-order valence-electron chi connectivity index (χ4n) is 2.77. The Morgan fingerprint density at radius 1 is 1.05 bits per heavy atom. The molecule has 2 rings (SSSR count). The molecule has 3 N–H and O–H groups in total. The minimum Gasteiger partial charge on any atom is -0.449 e. The van der Waals surface area contributed by atoms with Gasteiger partial charge in [0.1, 0.15) is 12.4 Å². The van der Waals surface area contributed by atoms with Crippen LogP contribution in [0.2, 0.25) is 10.0 Å². The minimum atomic E-state index is -5.38. The van der Waals surface area contributed by atoms with E-state index in [4.69, 9.17) is 27.9 Å². The molecule has 0 aliphatic heterocycles. The second kappa shape index (κ2) is 14.2. The lowest BCUT2D eigenvalue weighted by Gasteiger charge is -2.19. The van der Waals surface area contributed by atoms with E-state index in [2.05, 4.69) is 25.7 Å². The molecule has 0 saturated heterocycles. The van der Waals surface area contributed by atoms with Crippen LogP contribution in [0.1, 0.15) is 24.4 Å². The number of pyridine rings is 1. The summed E-state index contributed by atoms with van der Waals surface area (Å²) in [4.78, 5) is 51.1. The van der Waals surface area contributed by atoms with E-state index < -0.39 is 49.1 Å². The molecule has 1 aromatic heterocycles. The van der Waals surface area contributed by atoms with Gasteiger partial charge in [-0.15, -0.1) is 0 Å². The Morgan fingerprint density at radius 2 is 1.76 bits per heavy atom. The summed E-state index contributed by atoms with van der Waals surface area (Å²) >= 11 is 11.8. The van der Waals surface area contributed by atoms with Gasteiger partial charge in [0.2, 0.25) is 5.91 Å². The molecule has 0 spiro atoms. The zero-order valence-corrected chi connectivity index (χ0v) is 20.5. The van der Waals surface area contributed by atoms with Gasteiger partial charge in [0.15, 0.2) is 0 Å². The molecule has 0 bridgehead atoms. The smallest absolute Gasteiger partial charge is 0.449 e. The molecule has 0 aliphatic carbocycles. The summed E-state index contributed by atoms with van der Waals surface area (Å²) in [6.07, 6.45) is -5.07. The van der Waals surface area contributed by atoms with Gasteiger partial charge in [-0.3, -0.25) is 9.59 Å². The number of amides is 2. The number of hydrogen-bond acceptors (Lipinski definition) is 8. The van der Waals surface area contributed by atoms with Crippen LogP contribution in [0.15, 0.2) is 42.6 Å². The number of benzene rings is 1. The summed E-state index contributed by atoms with van der Waals surface area (Å²) < 4.78 is 45.9. The van der Waals surface area contributed by atoms with Crippen LogP contribution in [0.25, 0.3) is 0 Å². The van der Waals surface area contributed by atoms with E-state index in [0.29, 0.717) is 18.8 Å². The largest absolute Gasteiger partial charge is 0.491 e. The lowest BCUT2D eigenvalue weighted by molar-refractivity contribution is -0.202. The van der Waals surface area contributed by atoms with Gasteiger partial charge in [0.05, 0.1) is 19.1 Å². The number of anilines is 1. The molecule has 2 amide bonds. The molecule has 0 aliphatic rings. The minimum absolute atomic E-state index is 0.0377. The highest BCUT2D eigenvalue weighted by Crippen LogP contribution is 2.26. The first-order valence-electron chi connectivity index (χ1n) is 10.6. The number of rotatable bonds is 11. The standard InChI is InChI=1S/C22H21Cl2F3N4O6/c23-14-8-13(9-15(24)10-14)16(11-19(33)37-20(34)22(25,26)27)31-18(32)12-30-21(35)36-7-3-6-29-17-4-1-2-5-28-17/h1-2,4-5,8-10,16H,3,6-7,11-12H2,(H,28,29)(H,30,35)(H,31,32). The third-order valence-corrected chi connectivity index (χ3v) is 4.79. The number of nitrogens with one attached hydrogen (secondary N) is 3. The fraction of sp³-hybridized carbons (Fsp3) is 0.318. The molecule has 0 saturated carbocycles. The van der Waals surface area contributed by atoms with Gasteiger partial charge in [-0.1, -0.05) is 29.3 Å². The van der Waals surface area contributed by atoms with Crippen molar-refractivity contribution in [3.05, 3.63) is 58.2 Å². The topological polar surface area (TPSA) is 136 Å². The third kappa shape index (κ3) is 11.3. The van der Waals surface area contributed by atoms with Gasteiger partial charge in [-0.05, 0) is 42.3 Å². The van der Waals surface area contributed by atoms with Gasteiger partial charge in [0, 0.05) is 22.8 Å². The Hall–Kier alpha value is -3.58. The van der Waals surface area contributed by atoms with Crippen LogP contribution in [0.4, 0.5) is 23.8 Å². The number of esters is 2. The van der Waals surface area contributed by atoms with E-state index in [1.807, 2.05) is 0 Å². The van der Waals surface area contributed by atoms with E-state index >= 15 is 0 Å². The van der Waals surface area contributed by atoms with Gasteiger partial charge in [-0.25, -0.2) is 14.6 Å². The lowest BCUT2D eigenvalue weighted by Crippen LogP contribution is -2.40. The van der Waals surface area contributed by atoms with E-state index in [1.165, 1.54) is 18.2 Å². The SMILES string of the molecule is O=C(CNC(=O)OCCCNc1ccccn1)NC(CC(=O)OC(=O)C(F)(F)F)c1cc(Cl)cc(Cl)c1. The number of alkyl halides is 3. The summed E-state index contributed by atoms with van der Waals surface area (Å²) in [5.41, 5.74) is 0.144. The number of ether oxygens (including phenoxy) is 2. The summed E-state index contributed by atoms with van der Waals surface area (Å²) in [5.74, 6) is -4.43. The van der Waals surface area contributed by atoms with E-state index in [-0.39, 0.29) is 22.2 Å². The van der Waals surface area contributed by atoms with Crippen LogP contribution in [-0.2, 0) is 23.9 Å². The molecule has 2 aromatic rings. The van der Waals surface area contributed by atoms with Crippen LogP contribution in [0, 0.1) is 0 Å². The number of aromatic nitrogens is 1. The number of hydrogen-bond donors (Lipinski definition) is 3. The van der Waals surface area contributed by atoms with Gasteiger partial charge in [-0.2, -0.15) is 13.2 Å². The van der Waals surface area contributed by atoms with Crippen LogP contribution in [0.3, 0.4) is 0 Å². The van der Waals surface area contributed by atoms with E-state index in [1.54, 1.807) is 24.4 Å². The van der Waals surface area contributed by atoms with Gasteiger partial charge >= 0.3 is 24.2 Å². The highest BCUT2D eigenvalue weighted by molar-refractivity contribution is 6.34. The summed E-state index contributed by atoms with van der Waals surface area (Å²) in [5, 5.41) is 7.79. The molecule has 1 atom stereocenters.